The molecule has 1 aliphatic heterocycles. The maximum atomic E-state index is 14.2. The van der Waals surface area contributed by atoms with Gasteiger partial charge < -0.3 is 10.2 Å². The highest BCUT2D eigenvalue weighted by Crippen LogP contribution is 2.28. The molecule has 162 valence electrons. The summed E-state index contributed by atoms with van der Waals surface area (Å²) in [6.07, 6.45) is 1.94. The Morgan fingerprint density at radius 3 is 2.56 bits per heavy atom. The van der Waals surface area contributed by atoms with Crippen LogP contribution in [-0.2, 0) is 0 Å². The van der Waals surface area contributed by atoms with Gasteiger partial charge in [0.15, 0.2) is 0 Å². The SMILES string of the molecule is CN1CCC(NC(=O)c2ccc(-c3n[nH]c4ccc(-c5ccccc5F)nc34)cc2)CC1. The van der Waals surface area contributed by atoms with Crippen molar-refractivity contribution in [2.45, 2.75) is 18.9 Å². The fourth-order valence-electron chi connectivity index (χ4n) is 4.12. The second-order valence-corrected chi connectivity index (χ2v) is 8.27. The highest BCUT2D eigenvalue weighted by atomic mass is 19.1. The van der Waals surface area contributed by atoms with Crippen LogP contribution in [0.15, 0.2) is 60.7 Å². The van der Waals surface area contributed by atoms with E-state index in [4.69, 9.17) is 0 Å². The molecule has 0 bridgehead atoms. The van der Waals surface area contributed by atoms with Crippen LogP contribution in [0.4, 0.5) is 4.39 Å². The second kappa shape index (κ2) is 8.51. The third-order valence-corrected chi connectivity index (χ3v) is 6.03. The molecule has 0 radical (unpaired) electrons. The number of amides is 1. The first-order chi connectivity index (χ1) is 15.6. The van der Waals surface area contributed by atoms with Crippen LogP contribution >= 0.6 is 0 Å². The second-order valence-electron chi connectivity index (χ2n) is 8.27. The molecule has 0 atom stereocenters. The molecule has 5 rings (SSSR count). The summed E-state index contributed by atoms with van der Waals surface area (Å²) in [5, 5.41) is 10.5. The Hall–Kier alpha value is -3.58. The predicted octanol–water partition coefficient (Wildman–Crippen LogP) is 4.26. The summed E-state index contributed by atoms with van der Waals surface area (Å²) in [5.74, 6) is -0.373. The number of rotatable bonds is 4. The van der Waals surface area contributed by atoms with Crippen molar-refractivity contribution in [2.24, 2.45) is 0 Å². The Morgan fingerprint density at radius 1 is 1.06 bits per heavy atom. The number of carbonyl (C=O) groups excluding carboxylic acids is 1. The topological polar surface area (TPSA) is 73.9 Å². The highest BCUT2D eigenvalue weighted by Gasteiger charge is 2.19. The van der Waals surface area contributed by atoms with E-state index in [-0.39, 0.29) is 17.8 Å². The average molecular weight is 429 g/mol. The van der Waals surface area contributed by atoms with E-state index in [9.17, 15) is 9.18 Å². The molecule has 6 nitrogen and oxygen atoms in total. The van der Waals surface area contributed by atoms with Crippen molar-refractivity contribution in [2.75, 3.05) is 20.1 Å². The van der Waals surface area contributed by atoms with Gasteiger partial charge in [-0.1, -0.05) is 24.3 Å². The number of pyridine rings is 1. The maximum absolute atomic E-state index is 14.2. The van der Waals surface area contributed by atoms with Gasteiger partial charge in [0, 0.05) is 22.7 Å². The van der Waals surface area contributed by atoms with Crippen molar-refractivity contribution in [3.8, 4) is 22.5 Å². The van der Waals surface area contributed by atoms with E-state index in [0.717, 1.165) is 37.0 Å². The summed E-state index contributed by atoms with van der Waals surface area (Å²) in [6, 6.07) is 17.8. The predicted molar refractivity (Wildman–Crippen MR) is 123 cm³/mol. The van der Waals surface area contributed by atoms with Crippen molar-refractivity contribution in [1.29, 1.82) is 0 Å². The summed E-state index contributed by atoms with van der Waals surface area (Å²) in [6.45, 7) is 2.00. The standard InChI is InChI=1S/C25H24FN5O/c1-31-14-12-18(13-15-31)27-25(32)17-8-6-16(7-9-17)23-24-22(29-30-23)11-10-21(28-24)19-4-2-3-5-20(19)26/h2-11,18H,12-15H2,1H3,(H,27,32)(H,29,30). The quantitative estimate of drug-likeness (QED) is 0.509. The van der Waals surface area contributed by atoms with Gasteiger partial charge in [-0.2, -0.15) is 5.10 Å². The Kier molecular flexibility index (Phi) is 5.41. The highest BCUT2D eigenvalue weighted by molar-refractivity contribution is 5.96. The molecule has 3 heterocycles. The summed E-state index contributed by atoms with van der Waals surface area (Å²) in [7, 11) is 2.10. The summed E-state index contributed by atoms with van der Waals surface area (Å²) in [5.41, 5.74) is 4.55. The minimum absolute atomic E-state index is 0.0575. The van der Waals surface area contributed by atoms with Crippen LogP contribution in [0.3, 0.4) is 0 Å². The minimum Gasteiger partial charge on any atom is -0.349 e. The molecule has 7 heteroatoms. The maximum Gasteiger partial charge on any atom is 0.251 e. The summed E-state index contributed by atoms with van der Waals surface area (Å²) < 4.78 is 14.2. The number of hydrogen-bond acceptors (Lipinski definition) is 4. The van der Waals surface area contributed by atoms with Crippen molar-refractivity contribution in [3.05, 3.63) is 72.0 Å². The van der Waals surface area contributed by atoms with Crippen molar-refractivity contribution in [3.63, 3.8) is 0 Å². The molecule has 0 spiro atoms. The molecule has 0 saturated carbocycles. The number of nitrogens with one attached hydrogen (secondary N) is 2. The van der Waals surface area contributed by atoms with Gasteiger partial charge in [0.1, 0.15) is 17.0 Å². The molecule has 1 amide bonds. The monoisotopic (exact) mass is 429 g/mol. The van der Waals surface area contributed by atoms with Crippen LogP contribution in [0, 0.1) is 5.82 Å². The van der Waals surface area contributed by atoms with E-state index in [0.29, 0.717) is 28.0 Å². The van der Waals surface area contributed by atoms with Gasteiger partial charge in [-0.3, -0.25) is 9.89 Å². The number of fused-ring (bicyclic) bond motifs is 1. The smallest absolute Gasteiger partial charge is 0.251 e. The van der Waals surface area contributed by atoms with Crippen LogP contribution in [-0.4, -0.2) is 52.2 Å². The molecular formula is C25H24FN5O. The Labute approximate surface area is 185 Å². The van der Waals surface area contributed by atoms with Gasteiger partial charge in [-0.15, -0.1) is 0 Å². The fraction of sp³-hybridized carbons (Fsp3) is 0.240. The number of nitrogens with zero attached hydrogens (tertiary/aromatic N) is 3. The molecule has 1 fully saturated rings. The lowest BCUT2D eigenvalue weighted by Gasteiger charge is -2.29. The van der Waals surface area contributed by atoms with Crippen LogP contribution in [0.1, 0.15) is 23.2 Å². The third-order valence-electron chi connectivity index (χ3n) is 6.03. The summed E-state index contributed by atoms with van der Waals surface area (Å²) >= 11 is 0. The van der Waals surface area contributed by atoms with Crippen molar-refractivity contribution < 1.29 is 9.18 Å². The number of halogens is 1. The lowest BCUT2D eigenvalue weighted by Crippen LogP contribution is -2.43. The van der Waals surface area contributed by atoms with E-state index in [1.54, 1.807) is 36.4 Å². The number of H-pyrrole nitrogens is 1. The van der Waals surface area contributed by atoms with Crippen molar-refractivity contribution >= 4 is 16.9 Å². The zero-order valence-electron chi connectivity index (χ0n) is 17.8. The Morgan fingerprint density at radius 2 is 1.81 bits per heavy atom. The van der Waals surface area contributed by atoms with Gasteiger partial charge >= 0.3 is 0 Å². The molecule has 2 aromatic heterocycles. The molecular weight excluding hydrogens is 405 g/mol. The number of benzene rings is 2. The van der Waals surface area contributed by atoms with E-state index in [1.807, 2.05) is 18.2 Å². The molecule has 1 aliphatic rings. The van der Waals surface area contributed by atoms with Gasteiger partial charge in [-0.05, 0) is 69.4 Å². The van der Waals surface area contributed by atoms with E-state index in [2.05, 4.69) is 32.4 Å². The van der Waals surface area contributed by atoms with Crippen LogP contribution in [0.5, 0.6) is 0 Å². The average Bonchev–Trinajstić information content (AvgIpc) is 3.24. The zero-order chi connectivity index (χ0) is 22.1. The van der Waals surface area contributed by atoms with Crippen LogP contribution in [0.2, 0.25) is 0 Å². The molecule has 0 aliphatic carbocycles. The number of piperidine rings is 1. The zero-order valence-corrected chi connectivity index (χ0v) is 17.8. The third kappa shape index (κ3) is 3.99. The molecule has 2 aromatic carbocycles. The normalized spacial score (nSPS) is 15.2. The first kappa shape index (κ1) is 20.3. The molecule has 0 unspecified atom stereocenters. The van der Waals surface area contributed by atoms with Gasteiger partial charge in [0.2, 0.25) is 0 Å². The van der Waals surface area contributed by atoms with E-state index >= 15 is 0 Å². The lowest BCUT2D eigenvalue weighted by molar-refractivity contribution is 0.0917. The molecule has 32 heavy (non-hydrogen) atoms. The number of carbonyl (C=O) groups is 1. The van der Waals surface area contributed by atoms with Gasteiger partial charge in [-0.25, -0.2) is 9.37 Å². The number of likely N-dealkylation sites (tertiary alicyclic amines) is 1. The van der Waals surface area contributed by atoms with Gasteiger partial charge in [0.05, 0.1) is 11.2 Å². The number of aromatic amines is 1. The van der Waals surface area contributed by atoms with Gasteiger partial charge in [0.25, 0.3) is 5.91 Å². The molecule has 1 saturated heterocycles. The number of aromatic nitrogens is 3. The first-order valence-corrected chi connectivity index (χ1v) is 10.8. The molecule has 2 N–H and O–H groups in total. The largest absolute Gasteiger partial charge is 0.349 e. The molecule has 4 aromatic rings. The van der Waals surface area contributed by atoms with Crippen molar-refractivity contribution in [1.82, 2.24) is 25.4 Å². The van der Waals surface area contributed by atoms with Crippen LogP contribution < -0.4 is 5.32 Å². The summed E-state index contributed by atoms with van der Waals surface area (Å²) in [4.78, 5) is 19.6. The number of hydrogen-bond donors (Lipinski definition) is 2. The van der Waals surface area contributed by atoms with E-state index in [1.165, 1.54) is 6.07 Å². The minimum atomic E-state index is -0.315. The Bertz CT molecular complexity index is 1260. The van der Waals surface area contributed by atoms with E-state index < -0.39 is 0 Å². The Balaban J connectivity index is 1.39. The van der Waals surface area contributed by atoms with Crippen LogP contribution in [0.25, 0.3) is 33.5 Å². The fourth-order valence-corrected chi connectivity index (χ4v) is 4.12. The lowest BCUT2D eigenvalue weighted by atomic mass is 10.0. The first-order valence-electron chi connectivity index (χ1n) is 10.8.